The molecule has 0 radical (unpaired) electrons. The van der Waals surface area contributed by atoms with Gasteiger partial charge < -0.3 is 11.1 Å². The minimum absolute atomic E-state index is 0.208. The SMILES string of the molecule is CS(=O)(=O)c1ccc(C=CC(=O)Nc2ccccc2C(N)=O)cc1. The number of nitrogens with two attached hydrogens (primary N) is 1. The Hall–Kier alpha value is -2.93. The molecule has 0 saturated carbocycles. The third-order valence-electron chi connectivity index (χ3n) is 3.19. The van der Waals surface area contributed by atoms with Crippen molar-refractivity contribution in [3.8, 4) is 0 Å². The second-order valence-corrected chi connectivity index (χ2v) is 7.09. The molecule has 0 aromatic heterocycles. The number of carbonyl (C=O) groups is 2. The molecule has 0 unspecified atom stereocenters. The van der Waals surface area contributed by atoms with E-state index in [1.54, 1.807) is 30.3 Å². The van der Waals surface area contributed by atoms with Gasteiger partial charge in [0.2, 0.25) is 5.91 Å². The van der Waals surface area contributed by atoms with Crippen molar-refractivity contribution in [2.75, 3.05) is 11.6 Å². The van der Waals surface area contributed by atoms with Gasteiger partial charge in [-0.2, -0.15) is 0 Å². The first-order valence-electron chi connectivity index (χ1n) is 6.95. The van der Waals surface area contributed by atoms with Crippen LogP contribution in [0.3, 0.4) is 0 Å². The zero-order valence-electron chi connectivity index (χ0n) is 12.9. The van der Waals surface area contributed by atoms with E-state index in [0.29, 0.717) is 11.3 Å². The highest BCUT2D eigenvalue weighted by molar-refractivity contribution is 7.90. The van der Waals surface area contributed by atoms with Gasteiger partial charge in [0.15, 0.2) is 9.84 Å². The highest BCUT2D eigenvalue weighted by Crippen LogP contribution is 2.15. The standard InChI is InChI=1S/C17H16N2O4S/c1-24(22,23)13-9-6-12(7-10-13)8-11-16(20)19-15-5-3-2-4-14(15)17(18)21/h2-11H,1H3,(H2,18,21)(H,19,20). The van der Waals surface area contributed by atoms with Crippen molar-refractivity contribution in [2.45, 2.75) is 4.90 Å². The van der Waals surface area contributed by atoms with Crippen LogP contribution in [0, 0.1) is 0 Å². The lowest BCUT2D eigenvalue weighted by Crippen LogP contribution is -2.16. The summed E-state index contributed by atoms with van der Waals surface area (Å²) in [6, 6.07) is 12.5. The number of benzene rings is 2. The minimum Gasteiger partial charge on any atom is -0.366 e. The van der Waals surface area contributed by atoms with E-state index in [9.17, 15) is 18.0 Å². The van der Waals surface area contributed by atoms with E-state index in [0.717, 1.165) is 6.26 Å². The van der Waals surface area contributed by atoms with E-state index in [-0.39, 0.29) is 10.5 Å². The maximum Gasteiger partial charge on any atom is 0.250 e. The van der Waals surface area contributed by atoms with Crippen LogP contribution in [0.4, 0.5) is 5.69 Å². The molecule has 2 amide bonds. The summed E-state index contributed by atoms with van der Waals surface area (Å²) >= 11 is 0. The number of hydrogen-bond donors (Lipinski definition) is 2. The van der Waals surface area contributed by atoms with Gasteiger partial charge in [-0.15, -0.1) is 0 Å². The lowest BCUT2D eigenvalue weighted by Gasteiger charge is -2.06. The van der Waals surface area contributed by atoms with Gasteiger partial charge in [-0.1, -0.05) is 24.3 Å². The average molecular weight is 344 g/mol. The molecule has 0 aliphatic heterocycles. The van der Waals surface area contributed by atoms with Crippen molar-refractivity contribution >= 4 is 33.4 Å². The fourth-order valence-corrected chi connectivity index (χ4v) is 2.61. The number of para-hydroxylation sites is 1. The maximum absolute atomic E-state index is 11.9. The van der Waals surface area contributed by atoms with Crippen LogP contribution < -0.4 is 11.1 Å². The molecule has 0 bridgehead atoms. The number of carbonyl (C=O) groups excluding carboxylic acids is 2. The highest BCUT2D eigenvalue weighted by Gasteiger charge is 2.09. The van der Waals surface area contributed by atoms with E-state index in [1.807, 2.05) is 0 Å². The lowest BCUT2D eigenvalue weighted by molar-refractivity contribution is -0.111. The highest BCUT2D eigenvalue weighted by atomic mass is 32.2. The van der Waals surface area contributed by atoms with Crippen molar-refractivity contribution in [3.63, 3.8) is 0 Å². The van der Waals surface area contributed by atoms with E-state index in [1.165, 1.54) is 30.4 Å². The number of anilines is 1. The maximum atomic E-state index is 11.9. The van der Waals surface area contributed by atoms with E-state index < -0.39 is 21.7 Å². The normalized spacial score (nSPS) is 11.4. The van der Waals surface area contributed by atoms with Gasteiger partial charge >= 0.3 is 0 Å². The van der Waals surface area contributed by atoms with Crippen LogP contribution in [-0.4, -0.2) is 26.5 Å². The van der Waals surface area contributed by atoms with Gasteiger partial charge in [-0.25, -0.2) is 8.42 Å². The summed E-state index contributed by atoms with van der Waals surface area (Å²) in [7, 11) is -3.25. The van der Waals surface area contributed by atoms with Crippen LogP contribution in [0.25, 0.3) is 6.08 Å². The van der Waals surface area contributed by atoms with Crippen LogP contribution in [0.5, 0.6) is 0 Å². The molecule has 2 aromatic rings. The summed E-state index contributed by atoms with van der Waals surface area (Å²) < 4.78 is 22.8. The third-order valence-corrected chi connectivity index (χ3v) is 4.31. The monoisotopic (exact) mass is 344 g/mol. The molecular formula is C17H16N2O4S. The van der Waals surface area contributed by atoms with Crippen LogP contribution in [0.15, 0.2) is 59.5 Å². The van der Waals surface area contributed by atoms with Gasteiger partial charge in [0.1, 0.15) is 0 Å². The number of hydrogen-bond acceptors (Lipinski definition) is 4. The summed E-state index contributed by atoms with van der Waals surface area (Å²) in [4.78, 5) is 23.4. The number of amides is 2. The Morgan fingerprint density at radius 3 is 2.25 bits per heavy atom. The summed E-state index contributed by atoms with van der Waals surface area (Å²) in [6.07, 6.45) is 3.95. The Morgan fingerprint density at radius 1 is 1.04 bits per heavy atom. The lowest BCUT2D eigenvalue weighted by atomic mass is 10.1. The Morgan fingerprint density at radius 2 is 1.67 bits per heavy atom. The number of primary amides is 1. The first kappa shape index (κ1) is 17.4. The Bertz CT molecular complexity index is 900. The van der Waals surface area contributed by atoms with Crippen molar-refractivity contribution in [1.82, 2.24) is 0 Å². The zero-order chi connectivity index (χ0) is 17.7. The van der Waals surface area contributed by atoms with E-state index in [4.69, 9.17) is 5.73 Å². The van der Waals surface area contributed by atoms with Crippen LogP contribution in [0.1, 0.15) is 15.9 Å². The molecule has 24 heavy (non-hydrogen) atoms. The van der Waals surface area contributed by atoms with Crippen LogP contribution in [0.2, 0.25) is 0 Å². The Kier molecular flexibility index (Phi) is 5.15. The molecule has 0 heterocycles. The molecule has 3 N–H and O–H groups in total. The molecule has 6 nitrogen and oxygen atoms in total. The van der Waals surface area contributed by atoms with Crippen LogP contribution >= 0.6 is 0 Å². The Labute approximate surface area is 139 Å². The first-order valence-corrected chi connectivity index (χ1v) is 8.84. The van der Waals surface area contributed by atoms with Crippen molar-refractivity contribution < 1.29 is 18.0 Å². The molecule has 0 spiro atoms. The summed E-state index contributed by atoms with van der Waals surface area (Å²) in [5.74, 6) is -1.07. The first-order chi connectivity index (χ1) is 11.3. The van der Waals surface area contributed by atoms with E-state index in [2.05, 4.69) is 5.32 Å². The molecule has 0 aliphatic rings. The fraction of sp³-hybridized carbons (Fsp3) is 0.0588. The van der Waals surface area contributed by atoms with Crippen LogP contribution in [-0.2, 0) is 14.6 Å². The number of sulfone groups is 1. The predicted octanol–water partition coefficient (Wildman–Crippen LogP) is 1.84. The van der Waals surface area contributed by atoms with Gasteiger partial charge in [-0.3, -0.25) is 9.59 Å². The number of rotatable bonds is 5. The molecule has 2 rings (SSSR count). The second-order valence-electron chi connectivity index (χ2n) is 5.07. The molecule has 124 valence electrons. The average Bonchev–Trinajstić information content (AvgIpc) is 2.53. The van der Waals surface area contributed by atoms with E-state index >= 15 is 0 Å². The third kappa shape index (κ3) is 4.53. The molecule has 7 heteroatoms. The summed E-state index contributed by atoms with van der Waals surface area (Å²) in [6.45, 7) is 0. The van der Waals surface area contributed by atoms with Gasteiger partial charge in [0.05, 0.1) is 16.1 Å². The smallest absolute Gasteiger partial charge is 0.250 e. The van der Waals surface area contributed by atoms with Gasteiger partial charge in [0, 0.05) is 12.3 Å². The van der Waals surface area contributed by atoms with Crippen molar-refractivity contribution in [1.29, 1.82) is 0 Å². The Balaban J connectivity index is 2.10. The molecular weight excluding hydrogens is 328 g/mol. The van der Waals surface area contributed by atoms with Gasteiger partial charge in [0.25, 0.3) is 5.91 Å². The molecule has 0 aliphatic carbocycles. The fourth-order valence-electron chi connectivity index (χ4n) is 1.98. The predicted molar refractivity (Wildman–Crippen MR) is 92.2 cm³/mol. The minimum atomic E-state index is -3.25. The molecule has 0 fully saturated rings. The quantitative estimate of drug-likeness (QED) is 0.807. The summed E-state index contributed by atoms with van der Waals surface area (Å²) in [5.41, 5.74) is 6.46. The number of nitrogens with one attached hydrogen (secondary N) is 1. The molecule has 2 aromatic carbocycles. The molecule has 0 atom stereocenters. The largest absolute Gasteiger partial charge is 0.366 e. The van der Waals surface area contributed by atoms with Crippen molar-refractivity contribution in [3.05, 3.63) is 65.7 Å². The topological polar surface area (TPSA) is 106 Å². The zero-order valence-corrected chi connectivity index (χ0v) is 13.7. The molecule has 0 saturated heterocycles. The van der Waals surface area contributed by atoms with Crippen molar-refractivity contribution in [2.24, 2.45) is 5.73 Å². The summed E-state index contributed by atoms with van der Waals surface area (Å²) in [5, 5.41) is 2.58. The second kappa shape index (κ2) is 7.10. The van der Waals surface area contributed by atoms with Gasteiger partial charge in [-0.05, 0) is 35.9 Å².